The third kappa shape index (κ3) is 1.86. The normalized spacial score (nSPS) is 10.8. The minimum atomic E-state index is -0.519. The Morgan fingerprint density at radius 3 is 2.85 bits per heavy atom. The van der Waals surface area contributed by atoms with Gasteiger partial charge in [0.1, 0.15) is 10.7 Å². The highest BCUT2D eigenvalue weighted by atomic mass is 35.5. The lowest BCUT2D eigenvalue weighted by atomic mass is 10.1. The van der Waals surface area contributed by atoms with Crippen molar-refractivity contribution in [2.45, 2.75) is 0 Å². The van der Waals surface area contributed by atoms with Crippen molar-refractivity contribution in [3.63, 3.8) is 0 Å². The van der Waals surface area contributed by atoms with Crippen LogP contribution in [0.4, 0.5) is 11.4 Å². The number of aromatic amines is 1. The van der Waals surface area contributed by atoms with Crippen molar-refractivity contribution in [2.24, 2.45) is 0 Å². The van der Waals surface area contributed by atoms with Crippen molar-refractivity contribution in [1.29, 1.82) is 0 Å². The van der Waals surface area contributed by atoms with Gasteiger partial charge in [-0.1, -0.05) is 29.8 Å². The summed E-state index contributed by atoms with van der Waals surface area (Å²) in [6.07, 6.45) is 0. The smallest absolute Gasteiger partial charge is 0.288 e. The number of hydrogen-bond donors (Lipinski definition) is 2. The van der Waals surface area contributed by atoms with Crippen molar-refractivity contribution >= 4 is 33.9 Å². The summed E-state index contributed by atoms with van der Waals surface area (Å²) in [5.41, 5.74) is 8.20. The van der Waals surface area contributed by atoms with E-state index in [4.69, 9.17) is 17.3 Å². The molecule has 0 amide bonds. The molecular weight excluding hydrogens is 280 g/mol. The molecule has 0 saturated heterocycles. The van der Waals surface area contributed by atoms with Gasteiger partial charge in [0, 0.05) is 17.0 Å². The average molecular weight is 289 g/mol. The molecule has 0 atom stereocenters. The molecule has 0 aliphatic heterocycles. The summed E-state index contributed by atoms with van der Waals surface area (Å²) < 4.78 is 0. The van der Waals surface area contributed by atoms with Crippen LogP contribution in [0.1, 0.15) is 0 Å². The first-order valence-electron chi connectivity index (χ1n) is 5.75. The van der Waals surface area contributed by atoms with Gasteiger partial charge in [0.15, 0.2) is 0 Å². The van der Waals surface area contributed by atoms with Gasteiger partial charge >= 0.3 is 0 Å². The predicted molar refractivity (Wildman–Crippen MR) is 77.6 cm³/mol. The molecule has 2 aromatic carbocycles. The molecule has 100 valence electrons. The molecule has 3 N–H and O–H groups in total. The molecule has 0 aliphatic rings. The SMILES string of the molecule is Nc1cccc2c(-c3ccc(Cl)c([N+](=O)[O-])c3)n[nH]c12. The summed E-state index contributed by atoms with van der Waals surface area (Å²) in [5, 5.41) is 18.9. The highest BCUT2D eigenvalue weighted by Gasteiger charge is 2.16. The standard InChI is InChI=1S/C13H9ClN4O2/c14-9-5-4-7(6-11(9)18(19)20)12-8-2-1-3-10(15)13(8)17-16-12/h1-6H,15H2,(H,16,17). The lowest BCUT2D eigenvalue weighted by Gasteiger charge is -2.00. The molecule has 0 spiro atoms. The van der Waals surface area contributed by atoms with E-state index in [-0.39, 0.29) is 10.7 Å². The van der Waals surface area contributed by atoms with E-state index in [2.05, 4.69) is 10.2 Å². The number of H-pyrrole nitrogens is 1. The van der Waals surface area contributed by atoms with E-state index in [9.17, 15) is 10.1 Å². The zero-order chi connectivity index (χ0) is 14.3. The fourth-order valence-corrected chi connectivity index (χ4v) is 2.27. The minimum Gasteiger partial charge on any atom is -0.397 e. The lowest BCUT2D eigenvalue weighted by Crippen LogP contribution is -1.90. The van der Waals surface area contributed by atoms with E-state index in [1.54, 1.807) is 18.2 Å². The number of nitrogens with one attached hydrogen (secondary N) is 1. The minimum absolute atomic E-state index is 0.0955. The number of aromatic nitrogens is 2. The van der Waals surface area contributed by atoms with Crippen molar-refractivity contribution in [3.05, 3.63) is 51.5 Å². The number of benzene rings is 2. The maximum absolute atomic E-state index is 10.9. The molecule has 1 aromatic heterocycles. The van der Waals surface area contributed by atoms with Crippen molar-refractivity contribution in [2.75, 3.05) is 5.73 Å². The average Bonchev–Trinajstić information content (AvgIpc) is 2.84. The fraction of sp³-hybridized carbons (Fsp3) is 0. The van der Waals surface area contributed by atoms with Gasteiger partial charge in [0.2, 0.25) is 0 Å². The van der Waals surface area contributed by atoms with Gasteiger partial charge in [0.25, 0.3) is 5.69 Å². The molecule has 0 aliphatic carbocycles. The van der Waals surface area contributed by atoms with Crippen LogP contribution in [0.2, 0.25) is 5.02 Å². The van der Waals surface area contributed by atoms with E-state index in [0.717, 1.165) is 5.39 Å². The van der Waals surface area contributed by atoms with E-state index < -0.39 is 4.92 Å². The van der Waals surface area contributed by atoms with E-state index in [0.29, 0.717) is 22.5 Å². The van der Waals surface area contributed by atoms with Crippen LogP contribution in [-0.2, 0) is 0 Å². The Hall–Kier alpha value is -2.60. The highest BCUT2D eigenvalue weighted by Crippen LogP contribution is 2.33. The van der Waals surface area contributed by atoms with Gasteiger partial charge < -0.3 is 5.73 Å². The molecule has 20 heavy (non-hydrogen) atoms. The molecule has 0 saturated carbocycles. The van der Waals surface area contributed by atoms with Crippen LogP contribution >= 0.6 is 11.6 Å². The summed E-state index contributed by atoms with van der Waals surface area (Å²) in [5.74, 6) is 0. The molecule has 0 unspecified atom stereocenters. The molecule has 6 nitrogen and oxygen atoms in total. The maximum Gasteiger partial charge on any atom is 0.288 e. The molecule has 0 radical (unpaired) electrons. The lowest BCUT2D eigenvalue weighted by molar-refractivity contribution is -0.384. The Morgan fingerprint density at radius 1 is 1.30 bits per heavy atom. The second-order valence-electron chi connectivity index (χ2n) is 4.27. The zero-order valence-corrected chi connectivity index (χ0v) is 10.9. The fourth-order valence-electron chi connectivity index (χ4n) is 2.08. The van der Waals surface area contributed by atoms with Crippen LogP contribution in [0.5, 0.6) is 0 Å². The molecule has 0 fully saturated rings. The van der Waals surface area contributed by atoms with Gasteiger partial charge in [-0.2, -0.15) is 5.10 Å². The summed E-state index contributed by atoms with van der Waals surface area (Å²) in [6.45, 7) is 0. The number of nitrogens with two attached hydrogens (primary N) is 1. The van der Waals surface area contributed by atoms with E-state index in [1.165, 1.54) is 12.1 Å². The molecule has 0 bridgehead atoms. The predicted octanol–water partition coefficient (Wildman–Crippen LogP) is 3.37. The number of fused-ring (bicyclic) bond motifs is 1. The number of nitrogen functional groups attached to an aromatic ring is 1. The van der Waals surface area contributed by atoms with Crippen LogP contribution in [0.3, 0.4) is 0 Å². The Morgan fingerprint density at radius 2 is 2.10 bits per heavy atom. The third-order valence-corrected chi connectivity index (χ3v) is 3.37. The molecule has 3 rings (SSSR count). The van der Waals surface area contributed by atoms with Gasteiger partial charge in [-0.25, -0.2) is 0 Å². The number of para-hydroxylation sites is 1. The van der Waals surface area contributed by atoms with Crippen molar-refractivity contribution < 1.29 is 4.92 Å². The largest absolute Gasteiger partial charge is 0.397 e. The molecule has 3 aromatic rings. The Bertz CT molecular complexity index is 828. The summed E-state index contributed by atoms with van der Waals surface area (Å²) >= 11 is 5.81. The Kier molecular flexibility index (Phi) is 2.80. The molecular formula is C13H9ClN4O2. The number of rotatable bonds is 2. The second-order valence-corrected chi connectivity index (χ2v) is 4.67. The quantitative estimate of drug-likeness (QED) is 0.429. The van der Waals surface area contributed by atoms with Gasteiger partial charge in [-0.15, -0.1) is 0 Å². The molecule has 1 heterocycles. The first-order valence-corrected chi connectivity index (χ1v) is 6.12. The van der Waals surface area contributed by atoms with Crippen LogP contribution in [0, 0.1) is 10.1 Å². The van der Waals surface area contributed by atoms with Gasteiger partial charge in [0.05, 0.1) is 16.1 Å². The number of nitrogens with zero attached hydrogens (tertiary/aromatic N) is 2. The Balaban J connectivity index is 2.24. The van der Waals surface area contributed by atoms with E-state index in [1.807, 2.05) is 6.07 Å². The summed E-state index contributed by atoms with van der Waals surface area (Å²) in [6, 6.07) is 10.00. The van der Waals surface area contributed by atoms with Crippen molar-refractivity contribution in [3.8, 4) is 11.3 Å². The van der Waals surface area contributed by atoms with E-state index >= 15 is 0 Å². The molecule has 7 heteroatoms. The first-order chi connectivity index (χ1) is 9.58. The number of anilines is 1. The van der Waals surface area contributed by atoms with Crippen LogP contribution in [-0.4, -0.2) is 15.1 Å². The Labute approximate surface area is 118 Å². The number of hydrogen-bond acceptors (Lipinski definition) is 4. The van der Waals surface area contributed by atoms with Crippen LogP contribution in [0.15, 0.2) is 36.4 Å². The van der Waals surface area contributed by atoms with Gasteiger partial charge in [-0.05, 0) is 12.1 Å². The monoisotopic (exact) mass is 288 g/mol. The first kappa shape index (κ1) is 12.4. The number of nitro groups is 1. The zero-order valence-electron chi connectivity index (χ0n) is 10.1. The van der Waals surface area contributed by atoms with Crippen LogP contribution in [0.25, 0.3) is 22.2 Å². The second kappa shape index (κ2) is 4.50. The topological polar surface area (TPSA) is 97.8 Å². The van der Waals surface area contributed by atoms with Crippen molar-refractivity contribution in [1.82, 2.24) is 10.2 Å². The third-order valence-electron chi connectivity index (χ3n) is 3.05. The maximum atomic E-state index is 10.9. The number of nitro benzene ring substituents is 1. The summed E-state index contributed by atoms with van der Waals surface area (Å²) in [7, 11) is 0. The van der Waals surface area contributed by atoms with Gasteiger partial charge in [-0.3, -0.25) is 15.2 Å². The number of halogens is 1. The highest BCUT2D eigenvalue weighted by molar-refractivity contribution is 6.32. The van der Waals surface area contributed by atoms with Crippen LogP contribution < -0.4 is 5.73 Å². The summed E-state index contributed by atoms with van der Waals surface area (Å²) in [4.78, 5) is 10.4.